The fourth-order valence-corrected chi connectivity index (χ4v) is 2.54. The molecule has 2 atom stereocenters. The standard InChI is InChI=1S/C12H15BrFN/c1-8-3-2-4-12(8)15-9-5-6-11(14)10(13)7-9/h5-8,12,15H,2-4H2,1H3. The third kappa shape index (κ3) is 2.51. The van der Waals surface area contributed by atoms with Crippen molar-refractivity contribution in [3.8, 4) is 0 Å². The summed E-state index contributed by atoms with van der Waals surface area (Å²) >= 11 is 3.20. The van der Waals surface area contributed by atoms with Crippen molar-refractivity contribution in [2.75, 3.05) is 5.32 Å². The van der Waals surface area contributed by atoms with Crippen molar-refractivity contribution >= 4 is 21.6 Å². The first kappa shape index (κ1) is 10.9. The number of nitrogens with one attached hydrogen (secondary N) is 1. The molecule has 0 bridgehead atoms. The normalized spacial score (nSPS) is 25.5. The highest BCUT2D eigenvalue weighted by molar-refractivity contribution is 9.10. The van der Waals surface area contributed by atoms with E-state index in [9.17, 15) is 4.39 Å². The Bertz CT molecular complexity index is 353. The van der Waals surface area contributed by atoms with Crippen LogP contribution in [0.15, 0.2) is 22.7 Å². The molecule has 1 fully saturated rings. The van der Waals surface area contributed by atoms with E-state index in [4.69, 9.17) is 0 Å². The highest BCUT2D eigenvalue weighted by Gasteiger charge is 2.22. The predicted octanol–water partition coefficient (Wildman–Crippen LogP) is 4.19. The molecule has 2 unspecified atom stereocenters. The summed E-state index contributed by atoms with van der Waals surface area (Å²) in [6, 6.07) is 5.64. The molecule has 1 saturated carbocycles. The van der Waals surface area contributed by atoms with Crippen molar-refractivity contribution in [3.05, 3.63) is 28.5 Å². The minimum atomic E-state index is -0.208. The van der Waals surface area contributed by atoms with Gasteiger partial charge in [0.15, 0.2) is 0 Å². The molecule has 0 heterocycles. The van der Waals surface area contributed by atoms with Crippen molar-refractivity contribution in [3.63, 3.8) is 0 Å². The van der Waals surface area contributed by atoms with Crippen molar-refractivity contribution in [2.45, 2.75) is 32.2 Å². The Morgan fingerprint density at radius 1 is 1.40 bits per heavy atom. The van der Waals surface area contributed by atoms with E-state index < -0.39 is 0 Å². The molecule has 1 aliphatic carbocycles. The van der Waals surface area contributed by atoms with E-state index in [1.807, 2.05) is 0 Å². The monoisotopic (exact) mass is 271 g/mol. The van der Waals surface area contributed by atoms with E-state index in [0.29, 0.717) is 16.4 Å². The van der Waals surface area contributed by atoms with Gasteiger partial charge in [-0.2, -0.15) is 0 Å². The molecular formula is C12H15BrFN. The smallest absolute Gasteiger partial charge is 0.137 e. The lowest BCUT2D eigenvalue weighted by Gasteiger charge is -2.18. The Labute approximate surface area is 98.2 Å². The number of halogens is 2. The van der Waals surface area contributed by atoms with Gasteiger partial charge in [0.05, 0.1) is 4.47 Å². The number of rotatable bonds is 2. The zero-order valence-electron chi connectivity index (χ0n) is 8.76. The summed E-state index contributed by atoms with van der Waals surface area (Å²) in [7, 11) is 0. The van der Waals surface area contributed by atoms with Crippen LogP contribution in [0.4, 0.5) is 10.1 Å². The average molecular weight is 272 g/mol. The molecule has 0 aliphatic heterocycles. The molecule has 15 heavy (non-hydrogen) atoms. The van der Waals surface area contributed by atoms with Crippen LogP contribution in [-0.2, 0) is 0 Å². The number of hydrogen-bond acceptors (Lipinski definition) is 1. The second kappa shape index (κ2) is 4.52. The summed E-state index contributed by atoms with van der Waals surface area (Å²) in [6.45, 7) is 2.27. The molecule has 1 nitrogen and oxygen atoms in total. The van der Waals surface area contributed by atoms with Gasteiger partial charge in [0, 0.05) is 11.7 Å². The summed E-state index contributed by atoms with van der Waals surface area (Å²) < 4.78 is 13.5. The maximum absolute atomic E-state index is 13.0. The zero-order valence-corrected chi connectivity index (χ0v) is 10.3. The van der Waals surface area contributed by atoms with Crippen LogP contribution in [0.3, 0.4) is 0 Å². The summed E-state index contributed by atoms with van der Waals surface area (Å²) in [4.78, 5) is 0. The first-order valence-corrected chi connectivity index (χ1v) is 6.17. The SMILES string of the molecule is CC1CCCC1Nc1ccc(F)c(Br)c1. The Kier molecular flexibility index (Phi) is 3.29. The fraction of sp³-hybridized carbons (Fsp3) is 0.500. The highest BCUT2D eigenvalue weighted by atomic mass is 79.9. The summed E-state index contributed by atoms with van der Waals surface area (Å²) in [5.74, 6) is 0.508. The second-order valence-electron chi connectivity index (χ2n) is 4.29. The van der Waals surface area contributed by atoms with Crippen LogP contribution < -0.4 is 5.32 Å². The van der Waals surface area contributed by atoms with Gasteiger partial charge in [-0.25, -0.2) is 4.39 Å². The predicted molar refractivity (Wildman–Crippen MR) is 64.5 cm³/mol. The van der Waals surface area contributed by atoms with Crippen LogP contribution in [-0.4, -0.2) is 6.04 Å². The van der Waals surface area contributed by atoms with E-state index in [2.05, 4.69) is 28.2 Å². The Balaban J connectivity index is 2.07. The summed E-state index contributed by atoms with van der Waals surface area (Å²) in [5.41, 5.74) is 1.00. The molecule has 1 aromatic carbocycles. The van der Waals surface area contributed by atoms with Gasteiger partial charge in [0.1, 0.15) is 5.82 Å². The Hall–Kier alpha value is -0.570. The van der Waals surface area contributed by atoms with Gasteiger partial charge in [0.2, 0.25) is 0 Å². The topological polar surface area (TPSA) is 12.0 Å². The molecular weight excluding hydrogens is 257 g/mol. The number of benzene rings is 1. The molecule has 1 aromatic rings. The molecule has 1 aliphatic rings. The maximum atomic E-state index is 13.0. The Morgan fingerprint density at radius 3 is 2.80 bits per heavy atom. The number of hydrogen-bond donors (Lipinski definition) is 1. The first-order valence-electron chi connectivity index (χ1n) is 5.38. The maximum Gasteiger partial charge on any atom is 0.137 e. The molecule has 0 saturated heterocycles. The summed E-state index contributed by atoms with van der Waals surface area (Å²) in [5, 5.41) is 3.46. The third-order valence-corrected chi connectivity index (χ3v) is 3.74. The number of anilines is 1. The lowest BCUT2D eigenvalue weighted by molar-refractivity contribution is 0.556. The third-order valence-electron chi connectivity index (χ3n) is 3.13. The second-order valence-corrected chi connectivity index (χ2v) is 5.14. The van der Waals surface area contributed by atoms with Gasteiger partial charge < -0.3 is 5.32 Å². The van der Waals surface area contributed by atoms with Crippen molar-refractivity contribution in [1.82, 2.24) is 0 Å². The van der Waals surface area contributed by atoms with Crippen LogP contribution in [0.25, 0.3) is 0 Å². The lowest BCUT2D eigenvalue weighted by Crippen LogP contribution is -2.21. The molecule has 1 N–H and O–H groups in total. The quantitative estimate of drug-likeness (QED) is 0.851. The molecule has 82 valence electrons. The average Bonchev–Trinajstić information content (AvgIpc) is 2.59. The van der Waals surface area contributed by atoms with Gasteiger partial charge in [-0.15, -0.1) is 0 Å². The van der Waals surface area contributed by atoms with Gasteiger partial charge in [-0.3, -0.25) is 0 Å². The van der Waals surface area contributed by atoms with E-state index in [1.54, 1.807) is 12.1 Å². The molecule has 3 heteroatoms. The van der Waals surface area contributed by atoms with Crippen molar-refractivity contribution < 1.29 is 4.39 Å². The molecule has 0 radical (unpaired) electrons. The minimum absolute atomic E-state index is 0.208. The van der Waals surface area contributed by atoms with Crippen LogP contribution >= 0.6 is 15.9 Å². The van der Waals surface area contributed by atoms with Crippen LogP contribution in [0.2, 0.25) is 0 Å². The van der Waals surface area contributed by atoms with Crippen molar-refractivity contribution in [2.24, 2.45) is 5.92 Å². The highest BCUT2D eigenvalue weighted by Crippen LogP contribution is 2.29. The Morgan fingerprint density at radius 2 is 2.20 bits per heavy atom. The van der Waals surface area contributed by atoms with Crippen molar-refractivity contribution in [1.29, 1.82) is 0 Å². The van der Waals surface area contributed by atoms with Crippen LogP contribution in [0.5, 0.6) is 0 Å². The molecule has 0 aromatic heterocycles. The first-order chi connectivity index (χ1) is 7.16. The van der Waals surface area contributed by atoms with E-state index >= 15 is 0 Å². The van der Waals surface area contributed by atoms with Gasteiger partial charge >= 0.3 is 0 Å². The van der Waals surface area contributed by atoms with E-state index in [1.165, 1.54) is 25.3 Å². The fourth-order valence-electron chi connectivity index (χ4n) is 2.16. The summed E-state index contributed by atoms with van der Waals surface area (Å²) in [6.07, 6.45) is 3.80. The van der Waals surface area contributed by atoms with Gasteiger partial charge in [-0.05, 0) is 52.9 Å². The minimum Gasteiger partial charge on any atom is -0.382 e. The molecule has 2 rings (SSSR count). The van der Waals surface area contributed by atoms with Crippen LogP contribution in [0, 0.1) is 11.7 Å². The largest absolute Gasteiger partial charge is 0.382 e. The van der Waals surface area contributed by atoms with E-state index in [0.717, 1.165) is 5.69 Å². The zero-order chi connectivity index (χ0) is 10.8. The van der Waals surface area contributed by atoms with Gasteiger partial charge in [-0.1, -0.05) is 13.3 Å². The van der Waals surface area contributed by atoms with Crippen LogP contribution in [0.1, 0.15) is 26.2 Å². The van der Waals surface area contributed by atoms with E-state index in [-0.39, 0.29) is 5.82 Å². The molecule has 0 spiro atoms. The van der Waals surface area contributed by atoms with Gasteiger partial charge in [0.25, 0.3) is 0 Å². The molecule has 0 amide bonds. The lowest BCUT2D eigenvalue weighted by atomic mass is 10.1.